The van der Waals surface area contributed by atoms with E-state index in [4.69, 9.17) is 0 Å². The second-order valence-corrected chi connectivity index (χ2v) is 9.32. The normalized spacial score (nSPS) is 20.2. The Hall–Kier alpha value is -2.25. The highest BCUT2D eigenvalue weighted by Gasteiger charge is 2.22. The molecule has 2 saturated heterocycles. The van der Waals surface area contributed by atoms with Gasteiger partial charge >= 0.3 is 0 Å². The molecule has 2 aliphatic heterocycles. The Morgan fingerprint density at radius 2 is 1.34 bits per heavy atom. The Balaban J connectivity index is 1.37. The van der Waals surface area contributed by atoms with Crippen LogP contribution in [0.2, 0.25) is 0 Å². The van der Waals surface area contributed by atoms with Crippen LogP contribution in [0.15, 0.2) is 54.6 Å². The zero-order valence-electron chi connectivity index (χ0n) is 19.5. The average Bonchev–Trinajstić information content (AvgIpc) is 2.82. The van der Waals surface area contributed by atoms with Gasteiger partial charge in [-0.1, -0.05) is 42.5 Å². The summed E-state index contributed by atoms with van der Waals surface area (Å²) in [4.78, 5) is 22.8. The number of likely N-dealkylation sites (N-methyl/N-ethyl adjacent to an activating group) is 2. The molecule has 0 radical (unpaired) electrons. The second kappa shape index (κ2) is 11.1. The number of carbonyl (C=O) groups excluding carboxylic acids is 1. The van der Waals surface area contributed by atoms with Gasteiger partial charge in [-0.2, -0.15) is 0 Å². The minimum atomic E-state index is -0.0166. The van der Waals surface area contributed by atoms with E-state index in [0.29, 0.717) is 0 Å². The Kier molecular flexibility index (Phi) is 7.92. The molecule has 1 atom stereocenters. The molecule has 2 heterocycles. The largest absolute Gasteiger partial charge is 0.344 e. The highest BCUT2D eigenvalue weighted by molar-refractivity contribution is 5.94. The van der Waals surface area contributed by atoms with Gasteiger partial charge < -0.3 is 15.1 Å². The maximum absolute atomic E-state index is 13.1. The Morgan fingerprint density at radius 1 is 0.781 bits per heavy atom. The maximum Gasteiger partial charge on any atom is 0.251 e. The van der Waals surface area contributed by atoms with Gasteiger partial charge in [0.1, 0.15) is 0 Å². The standard InChI is InChI=1S/C26H37N5O/c1-28-12-16-30(17-13-28)20-22-8-10-24(11-9-22)26(32)27-25(23-6-4-3-5-7-23)21-31-18-14-29(2)15-19-31/h3-11,25H,12-21H2,1-2H3,(H,27,32). The van der Waals surface area contributed by atoms with Crippen LogP contribution >= 0.6 is 0 Å². The quantitative estimate of drug-likeness (QED) is 0.722. The highest BCUT2D eigenvalue weighted by Crippen LogP contribution is 2.17. The van der Waals surface area contributed by atoms with Crippen molar-refractivity contribution in [1.29, 1.82) is 0 Å². The summed E-state index contributed by atoms with van der Waals surface area (Å²) in [7, 11) is 4.35. The van der Waals surface area contributed by atoms with Crippen LogP contribution in [-0.4, -0.2) is 98.5 Å². The van der Waals surface area contributed by atoms with Crippen molar-refractivity contribution in [3.8, 4) is 0 Å². The molecular formula is C26H37N5O. The molecule has 6 heteroatoms. The molecule has 0 spiro atoms. The van der Waals surface area contributed by atoms with E-state index in [9.17, 15) is 4.79 Å². The van der Waals surface area contributed by atoms with Gasteiger partial charge in [-0.05, 0) is 37.4 Å². The lowest BCUT2D eigenvalue weighted by Crippen LogP contribution is -2.47. The minimum absolute atomic E-state index is 0.000808. The van der Waals surface area contributed by atoms with E-state index < -0.39 is 0 Å². The zero-order chi connectivity index (χ0) is 22.3. The number of hydrogen-bond acceptors (Lipinski definition) is 5. The van der Waals surface area contributed by atoms with Crippen molar-refractivity contribution in [2.24, 2.45) is 0 Å². The van der Waals surface area contributed by atoms with Gasteiger partial charge in [0.15, 0.2) is 0 Å². The number of carbonyl (C=O) groups is 1. The highest BCUT2D eigenvalue weighted by atomic mass is 16.1. The van der Waals surface area contributed by atoms with Gasteiger partial charge in [0.2, 0.25) is 0 Å². The SMILES string of the molecule is CN1CCN(Cc2ccc(C(=O)NC(CN3CCN(C)CC3)c3ccccc3)cc2)CC1. The number of benzene rings is 2. The molecule has 6 nitrogen and oxygen atoms in total. The molecule has 32 heavy (non-hydrogen) atoms. The third-order valence-electron chi connectivity index (χ3n) is 6.76. The minimum Gasteiger partial charge on any atom is -0.344 e. The molecule has 0 saturated carbocycles. The lowest BCUT2D eigenvalue weighted by atomic mass is 10.0. The zero-order valence-corrected chi connectivity index (χ0v) is 19.5. The van der Waals surface area contributed by atoms with Crippen molar-refractivity contribution in [2.45, 2.75) is 12.6 Å². The molecule has 2 aromatic carbocycles. The number of nitrogens with zero attached hydrogens (tertiary/aromatic N) is 4. The van der Waals surface area contributed by atoms with Crippen LogP contribution in [0.4, 0.5) is 0 Å². The van der Waals surface area contributed by atoms with Gasteiger partial charge in [0.05, 0.1) is 6.04 Å². The number of rotatable bonds is 7. The lowest BCUT2D eigenvalue weighted by molar-refractivity contribution is 0.0907. The molecule has 0 aliphatic carbocycles. The van der Waals surface area contributed by atoms with Crippen LogP contribution in [-0.2, 0) is 6.54 Å². The fourth-order valence-corrected chi connectivity index (χ4v) is 4.48. The summed E-state index contributed by atoms with van der Waals surface area (Å²) in [5, 5.41) is 3.30. The maximum atomic E-state index is 13.1. The monoisotopic (exact) mass is 435 g/mol. The first kappa shape index (κ1) is 22.9. The first-order valence-corrected chi connectivity index (χ1v) is 11.8. The van der Waals surface area contributed by atoms with E-state index >= 15 is 0 Å². The number of nitrogens with one attached hydrogen (secondary N) is 1. The van der Waals surface area contributed by atoms with Crippen LogP contribution in [0.1, 0.15) is 27.5 Å². The molecule has 172 valence electrons. The Labute approximate surface area is 192 Å². The third kappa shape index (κ3) is 6.39. The molecule has 4 rings (SSSR count). The summed E-state index contributed by atoms with van der Waals surface area (Å²) < 4.78 is 0. The van der Waals surface area contributed by atoms with Crippen LogP contribution in [0, 0.1) is 0 Å². The Morgan fingerprint density at radius 3 is 1.94 bits per heavy atom. The number of amides is 1. The topological polar surface area (TPSA) is 42.1 Å². The van der Waals surface area contributed by atoms with Crippen molar-refractivity contribution in [3.63, 3.8) is 0 Å². The lowest BCUT2D eigenvalue weighted by Gasteiger charge is -2.35. The van der Waals surface area contributed by atoms with Crippen molar-refractivity contribution < 1.29 is 4.79 Å². The summed E-state index contributed by atoms with van der Waals surface area (Å²) in [5.74, 6) is -0.000808. The fourth-order valence-electron chi connectivity index (χ4n) is 4.48. The van der Waals surface area contributed by atoms with Crippen molar-refractivity contribution >= 4 is 5.91 Å². The van der Waals surface area contributed by atoms with Gasteiger partial charge in [0.25, 0.3) is 5.91 Å². The first-order valence-electron chi connectivity index (χ1n) is 11.8. The molecule has 2 fully saturated rings. The molecule has 1 N–H and O–H groups in total. The number of piperazine rings is 2. The predicted octanol–water partition coefficient (Wildman–Crippen LogP) is 2.15. The molecule has 0 aromatic heterocycles. The summed E-state index contributed by atoms with van der Waals surface area (Å²) in [6.07, 6.45) is 0. The molecule has 2 aromatic rings. The van der Waals surface area contributed by atoms with Gasteiger partial charge in [-0.25, -0.2) is 0 Å². The van der Waals surface area contributed by atoms with E-state index in [1.165, 1.54) is 5.56 Å². The summed E-state index contributed by atoms with van der Waals surface area (Å²) in [5.41, 5.74) is 3.15. The molecule has 0 bridgehead atoms. The Bertz CT molecular complexity index is 840. The van der Waals surface area contributed by atoms with Crippen molar-refractivity contribution in [3.05, 3.63) is 71.3 Å². The van der Waals surface area contributed by atoms with Gasteiger partial charge in [-0.15, -0.1) is 0 Å². The van der Waals surface area contributed by atoms with E-state index in [0.717, 1.165) is 76.6 Å². The molecule has 1 unspecified atom stereocenters. The van der Waals surface area contributed by atoms with Crippen LogP contribution < -0.4 is 5.32 Å². The van der Waals surface area contributed by atoms with Gasteiger partial charge in [0, 0.05) is 71.0 Å². The predicted molar refractivity (Wildman–Crippen MR) is 130 cm³/mol. The van der Waals surface area contributed by atoms with Crippen molar-refractivity contribution in [1.82, 2.24) is 24.9 Å². The second-order valence-electron chi connectivity index (χ2n) is 9.32. The van der Waals surface area contributed by atoms with E-state index in [2.05, 4.69) is 63.3 Å². The first-order chi connectivity index (χ1) is 15.6. The van der Waals surface area contributed by atoms with Crippen molar-refractivity contribution in [2.75, 3.05) is 73.0 Å². The summed E-state index contributed by atoms with van der Waals surface area (Å²) in [6, 6.07) is 18.5. The van der Waals surface area contributed by atoms with Crippen LogP contribution in [0.5, 0.6) is 0 Å². The van der Waals surface area contributed by atoms with E-state index in [1.807, 2.05) is 30.3 Å². The third-order valence-corrected chi connectivity index (χ3v) is 6.76. The molecule has 2 aliphatic rings. The summed E-state index contributed by atoms with van der Waals surface area (Å²) >= 11 is 0. The van der Waals surface area contributed by atoms with E-state index in [-0.39, 0.29) is 11.9 Å². The smallest absolute Gasteiger partial charge is 0.251 e. The average molecular weight is 436 g/mol. The number of hydrogen-bond donors (Lipinski definition) is 1. The van der Waals surface area contributed by atoms with Gasteiger partial charge in [-0.3, -0.25) is 14.6 Å². The summed E-state index contributed by atoms with van der Waals surface area (Å²) in [6.45, 7) is 10.5. The van der Waals surface area contributed by atoms with E-state index in [1.54, 1.807) is 0 Å². The van der Waals surface area contributed by atoms with Crippen LogP contribution in [0.25, 0.3) is 0 Å². The molecule has 1 amide bonds. The fraction of sp³-hybridized carbons (Fsp3) is 0.500. The van der Waals surface area contributed by atoms with Crippen LogP contribution in [0.3, 0.4) is 0 Å². The molecular weight excluding hydrogens is 398 g/mol.